The Morgan fingerprint density at radius 2 is 1.88 bits per heavy atom. The van der Waals surface area contributed by atoms with Crippen LogP contribution in [0.1, 0.15) is 10.4 Å². The molecule has 0 fully saturated rings. The van der Waals surface area contributed by atoms with Crippen LogP contribution >= 0.6 is 0 Å². The third kappa shape index (κ3) is 4.39. The number of nitrogens with two attached hydrogens (primary N) is 1. The number of anilines is 2. The van der Waals surface area contributed by atoms with E-state index in [1.54, 1.807) is 49.6 Å². The summed E-state index contributed by atoms with van der Waals surface area (Å²) in [6.07, 6.45) is 0. The first-order chi connectivity index (χ1) is 11.5. The van der Waals surface area contributed by atoms with Crippen LogP contribution in [0.15, 0.2) is 42.5 Å². The molecule has 0 spiro atoms. The van der Waals surface area contributed by atoms with E-state index in [4.69, 9.17) is 15.2 Å². The molecule has 2 amide bonds. The van der Waals surface area contributed by atoms with Gasteiger partial charge in [-0.05, 0) is 30.3 Å². The van der Waals surface area contributed by atoms with Crippen LogP contribution < -0.4 is 25.8 Å². The number of amides is 2. The molecular formula is C17H19N3O4. The predicted molar refractivity (Wildman–Crippen MR) is 91.6 cm³/mol. The summed E-state index contributed by atoms with van der Waals surface area (Å²) in [6.45, 7) is 0.0164. The number of carbonyl (C=O) groups excluding carboxylic acids is 2. The fourth-order valence-corrected chi connectivity index (χ4v) is 2.07. The van der Waals surface area contributed by atoms with E-state index in [0.717, 1.165) is 0 Å². The average molecular weight is 329 g/mol. The van der Waals surface area contributed by atoms with Gasteiger partial charge in [0.1, 0.15) is 11.5 Å². The molecule has 126 valence electrons. The van der Waals surface area contributed by atoms with E-state index >= 15 is 0 Å². The maximum absolute atomic E-state index is 12.1. The lowest BCUT2D eigenvalue weighted by Gasteiger charge is -2.12. The van der Waals surface area contributed by atoms with E-state index in [9.17, 15) is 9.59 Å². The lowest BCUT2D eigenvalue weighted by Crippen LogP contribution is -2.22. The predicted octanol–water partition coefficient (Wildman–Crippen LogP) is 1.85. The number of methoxy groups -OCH3 is 2. The van der Waals surface area contributed by atoms with Crippen molar-refractivity contribution in [1.29, 1.82) is 0 Å². The molecule has 0 aromatic heterocycles. The second-order valence-corrected chi connectivity index (χ2v) is 4.91. The first-order valence-electron chi connectivity index (χ1n) is 7.19. The van der Waals surface area contributed by atoms with Crippen LogP contribution in [0.25, 0.3) is 0 Å². The summed E-state index contributed by atoms with van der Waals surface area (Å²) in [5.41, 5.74) is 6.73. The summed E-state index contributed by atoms with van der Waals surface area (Å²) in [7, 11) is 3.06. The van der Waals surface area contributed by atoms with Crippen LogP contribution in [-0.2, 0) is 4.79 Å². The van der Waals surface area contributed by atoms with Crippen molar-refractivity contribution in [3.63, 3.8) is 0 Å². The Labute approximate surface area is 139 Å². The molecule has 0 aliphatic rings. The zero-order valence-electron chi connectivity index (χ0n) is 13.5. The summed E-state index contributed by atoms with van der Waals surface area (Å²) in [5.74, 6) is 0.336. The summed E-state index contributed by atoms with van der Waals surface area (Å²) < 4.78 is 10.3. The van der Waals surface area contributed by atoms with Crippen molar-refractivity contribution >= 4 is 23.2 Å². The van der Waals surface area contributed by atoms with Gasteiger partial charge in [-0.2, -0.15) is 0 Å². The molecule has 7 heteroatoms. The third-order valence-corrected chi connectivity index (χ3v) is 3.28. The highest BCUT2D eigenvalue weighted by molar-refractivity contribution is 5.96. The smallest absolute Gasteiger partial charge is 0.248 e. The third-order valence-electron chi connectivity index (χ3n) is 3.28. The molecule has 0 heterocycles. The van der Waals surface area contributed by atoms with Crippen LogP contribution in [0.5, 0.6) is 11.5 Å². The highest BCUT2D eigenvalue weighted by Crippen LogP contribution is 2.28. The number of hydrogen-bond acceptors (Lipinski definition) is 5. The number of primary amides is 1. The molecule has 0 atom stereocenters. The lowest BCUT2D eigenvalue weighted by atomic mass is 10.2. The molecular weight excluding hydrogens is 310 g/mol. The molecule has 2 rings (SSSR count). The molecule has 0 radical (unpaired) electrons. The van der Waals surface area contributed by atoms with Gasteiger partial charge in [0.15, 0.2) is 0 Å². The molecule has 0 aliphatic carbocycles. The van der Waals surface area contributed by atoms with Gasteiger partial charge in [0.05, 0.1) is 26.5 Å². The number of benzene rings is 2. The Morgan fingerprint density at radius 1 is 1.08 bits per heavy atom. The normalized spacial score (nSPS) is 9.92. The van der Waals surface area contributed by atoms with Crippen molar-refractivity contribution in [3.05, 3.63) is 48.0 Å². The molecule has 0 unspecified atom stereocenters. The van der Waals surface area contributed by atoms with Crippen molar-refractivity contribution < 1.29 is 19.1 Å². The Balaban J connectivity index is 2.01. The van der Waals surface area contributed by atoms with Gasteiger partial charge in [-0.15, -0.1) is 0 Å². The van der Waals surface area contributed by atoms with Crippen molar-refractivity contribution in [2.45, 2.75) is 0 Å². The summed E-state index contributed by atoms with van der Waals surface area (Å²) >= 11 is 0. The van der Waals surface area contributed by atoms with E-state index in [1.165, 1.54) is 7.11 Å². The number of hydrogen-bond donors (Lipinski definition) is 3. The summed E-state index contributed by atoms with van der Waals surface area (Å²) in [5, 5.41) is 5.68. The summed E-state index contributed by atoms with van der Waals surface area (Å²) in [6, 6.07) is 11.7. The largest absolute Gasteiger partial charge is 0.497 e. The zero-order valence-corrected chi connectivity index (χ0v) is 13.5. The number of nitrogens with one attached hydrogen (secondary N) is 2. The van der Waals surface area contributed by atoms with E-state index in [0.29, 0.717) is 28.4 Å². The minimum absolute atomic E-state index is 0.0164. The fraction of sp³-hybridized carbons (Fsp3) is 0.176. The van der Waals surface area contributed by atoms with Gasteiger partial charge in [-0.1, -0.05) is 6.07 Å². The molecule has 0 saturated heterocycles. The van der Waals surface area contributed by atoms with Crippen LogP contribution in [-0.4, -0.2) is 32.6 Å². The van der Waals surface area contributed by atoms with Gasteiger partial charge in [0.25, 0.3) is 0 Å². The van der Waals surface area contributed by atoms with Gasteiger partial charge in [0.2, 0.25) is 11.8 Å². The fourth-order valence-electron chi connectivity index (χ4n) is 2.07. The monoisotopic (exact) mass is 329 g/mol. The summed E-state index contributed by atoms with van der Waals surface area (Å²) in [4.78, 5) is 23.3. The first kappa shape index (κ1) is 17.1. The first-order valence-corrected chi connectivity index (χ1v) is 7.19. The number of carbonyl (C=O) groups is 2. The number of ether oxygens (including phenoxy) is 2. The Kier molecular flexibility index (Phi) is 5.62. The van der Waals surface area contributed by atoms with E-state index in [-0.39, 0.29) is 12.5 Å². The second kappa shape index (κ2) is 7.87. The van der Waals surface area contributed by atoms with Crippen LogP contribution in [0.3, 0.4) is 0 Å². The molecule has 24 heavy (non-hydrogen) atoms. The molecule has 4 N–H and O–H groups in total. The maximum Gasteiger partial charge on any atom is 0.248 e. The molecule has 0 saturated carbocycles. The van der Waals surface area contributed by atoms with Crippen molar-refractivity contribution in [1.82, 2.24) is 0 Å². The second-order valence-electron chi connectivity index (χ2n) is 4.91. The van der Waals surface area contributed by atoms with Gasteiger partial charge in [-0.25, -0.2) is 0 Å². The molecule has 2 aromatic carbocycles. The SMILES string of the molecule is COc1ccc(OC)c(NC(=O)CNc2cccc(C(N)=O)c2)c1. The minimum Gasteiger partial charge on any atom is -0.497 e. The Morgan fingerprint density at radius 3 is 2.54 bits per heavy atom. The lowest BCUT2D eigenvalue weighted by molar-refractivity contribution is -0.114. The molecule has 0 bridgehead atoms. The highest BCUT2D eigenvalue weighted by atomic mass is 16.5. The zero-order chi connectivity index (χ0) is 17.5. The van der Waals surface area contributed by atoms with Gasteiger partial charge in [-0.3, -0.25) is 9.59 Å². The quantitative estimate of drug-likeness (QED) is 0.719. The van der Waals surface area contributed by atoms with Crippen LogP contribution in [0.2, 0.25) is 0 Å². The topological polar surface area (TPSA) is 103 Å². The van der Waals surface area contributed by atoms with Gasteiger partial charge in [0, 0.05) is 17.3 Å². The number of rotatable bonds is 7. The van der Waals surface area contributed by atoms with Crippen LogP contribution in [0.4, 0.5) is 11.4 Å². The van der Waals surface area contributed by atoms with Gasteiger partial charge >= 0.3 is 0 Å². The minimum atomic E-state index is -0.524. The van der Waals surface area contributed by atoms with Gasteiger partial charge < -0.3 is 25.8 Å². The van der Waals surface area contributed by atoms with E-state index in [2.05, 4.69) is 10.6 Å². The average Bonchev–Trinajstić information content (AvgIpc) is 2.60. The molecule has 2 aromatic rings. The van der Waals surface area contributed by atoms with Crippen LogP contribution in [0, 0.1) is 0 Å². The maximum atomic E-state index is 12.1. The van der Waals surface area contributed by atoms with E-state index in [1.807, 2.05) is 0 Å². The highest BCUT2D eigenvalue weighted by Gasteiger charge is 2.09. The molecule has 7 nitrogen and oxygen atoms in total. The van der Waals surface area contributed by atoms with Crippen molar-refractivity contribution in [2.75, 3.05) is 31.4 Å². The Hall–Kier alpha value is -3.22. The van der Waals surface area contributed by atoms with Crippen molar-refractivity contribution in [3.8, 4) is 11.5 Å². The van der Waals surface area contributed by atoms with Crippen molar-refractivity contribution in [2.24, 2.45) is 5.73 Å². The molecule has 0 aliphatic heterocycles. The standard InChI is InChI=1S/C17H19N3O4/c1-23-13-6-7-15(24-2)14(9-13)20-16(21)10-19-12-5-3-4-11(8-12)17(18)22/h3-9,19H,10H2,1-2H3,(H2,18,22)(H,20,21). The Bertz CT molecular complexity index is 746. The van der Waals surface area contributed by atoms with E-state index < -0.39 is 5.91 Å².